The first-order chi connectivity index (χ1) is 16.6. The second-order valence-corrected chi connectivity index (χ2v) is 11.6. The number of carboxylic acid groups (broad SMARTS) is 1. The van der Waals surface area contributed by atoms with Crippen LogP contribution in [0.15, 0.2) is 23.2 Å². The molecule has 5 heterocycles. The number of nitrogens with one attached hydrogen (secondary N) is 1. The lowest BCUT2D eigenvalue weighted by Gasteiger charge is -2.46. The smallest absolute Gasteiger partial charge is 0.352 e. The molecule has 10 nitrogen and oxygen atoms in total. The number of hydrogen-bond donors (Lipinski definition) is 3. The summed E-state index contributed by atoms with van der Waals surface area (Å²) in [6, 6.07) is -0.421. The van der Waals surface area contributed by atoms with E-state index in [4.69, 9.17) is 0 Å². The summed E-state index contributed by atoms with van der Waals surface area (Å²) in [4.78, 5) is 42.1. The minimum atomic E-state index is -1.13. The molecule has 3 N–H and O–H groups in total. The number of carboxylic acids is 1. The van der Waals surface area contributed by atoms with Crippen molar-refractivity contribution in [1.29, 1.82) is 0 Å². The minimum absolute atomic E-state index is 0.0255. The highest BCUT2D eigenvalue weighted by Gasteiger charge is 2.60. The van der Waals surface area contributed by atoms with E-state index in [0.717, 1.165) is 14.7 Å². The fourth-order valence-corrected chi connectivity index (χ4v) is 8.03. The van der Waals surface area contributed by atoms with Gasteiger partial charge >= 0.3 is 5.97 Å². The molecule has 2 saturated heterocycles. The maximum absolute atomic E-state index is 12.7. The SMILES string of the molecule is CSc1c2sc(C3=C(C(=O)O)N4C(=O)[C@H]([C@@H](C)O)[C@@H]4[C@H]3C)cn2c[n+]1[C@@H]1CN[C@H](C(=O)N(C)C)C1. The van der Waals surface area contributed by atoms with Crippen LogP contribution in [0.25, 0.3) is 10.4 Å². The number of carbonyl (C=O) groups excluding carboxylic acids is 2. The molecule has 0 saturated carbocycles. The standard InChI is InChI=1S/C23H29N5O5S2/c1-10-15(18(23(32)33)28-17(10)16(11(2)29)20(28)31)14-8-26-9-27(22(34-5)21(26)35-14)12-6-13(24-7-12)19(30)25(3)4/h8-13,16-17,24,29H,6-7H2,1-5H3/p+1/t10-,11+,12-,13-,16+,17-/m0/s1. The topological polar surface area (TPSA) is 118 Å². The fraction of sp³-hybridized carbons (Fsp3) is 0.565. The van der Waals surface area contributed by atoms with Gasteiger partial charge in [0.05, 0.1) is 29.0 Å². The van der Waals surface area contributed by atoms with Gasteiger partial charge in [-0.15, -0.1) is 0 Å². The average molecular weight is 521 g/mol. The lowest BCUT2D eigenvalue weighted by molar-refractivity contribution is -0.750. The normalized spacial score (nSPS) is 29.0. The van der Waals surface area contributed by atoms with Gasteiger partial charge in [0.1, 0.15) is 17.9 Å². The molecule has 0 spiro atoms. The van der Waals surface area contributed by atoms with Crippen molar-refractivity contribution < 1.29 is 29.2 Å². The minimum Gasteiger partial charge on any atom is -0.477 e. The van der Waals surface area contributed by atoms with Gasteiger partial charge < -0.3 is 25.3 Å². The molecule has 0 aliphatic carbocycles. The van der Waals surface area contributed by atoms with Crippen LogP contribution >= 0.6 is 23.1 Å². The van der Waals surface area contributed by atoms with Crippen molar-refractivity contribution in [2.45, 2.75) is 49.5 Å². The Bertz CT molecular complexity index is 1260. The number of thiazole rings is 1. The monoisotopic (exact) mass is 520 g/mol. The first-order valence-electron chi connectivity index (χ1n) is 11.6. The van der Waals surface area contributed by atoms with Crippen molar-refractivity contribution in [3.8, 4) is 0 Å². The highest BCUT2D eigenvalue weighted by atomic mass is 32.2. The number of β-lactam (4-membered cyclic amide) rings is 1. The van der Waals surface area contributed by atoms with Gasteiger partial charge in [-0.05, 0) is 13.2 Å². The van der Waals surface area contributed by atoms with E-state index in [1.807, 2.05) is 30.1 Å². The van der Waals surface area contributed by atoms with E-state index in [9.17, 15) is 24.6 Å². The van der Waals surface area contributed by atoms with Gasteiger partial charge in [0.15, 0.2) is 0 Å². The van der Waals surface area contributed by atoms with Gasteiger partial charge in [0.2, 0.25) is 21.7 Å². The molecular weight excluding hydrogens is 490 g/mol. The molecule has 188 valence electrons. The molecule has 0 unspecified atom stereocenters. The molecule has 0 radical (unpaired) electrons. The van der Waals surface area contributed by atoms with Crippen molar-refractivity contribution in [1.82, 2.24) is 19.5 Å². The number of aliphatic hydroxyl groups excluding tert-OH is 1. The Kier molecular flexibility index (Phi) is 5.98. The molecule has 2 amide bonds. The van der Waals surface area contributed by atoms with E-state index in [1.165, 1.54) is 16.2 Å². The summed E-state index contributed by atoms with van der Waals surface area (Å²) in [7, 11) is 3.52. The highest BCUT2D eigenvalue weighted by Crippen LogP contribution is 2.51. The third kappa shape index (κ3) is 3.52. The van der Waals surface area contributed by atoms with Crippen LogP contribution in [0.3, 0.4) is 0 Å². The number of thioether (sulfide) groups is 1. The van der Waals surface area contributed by atoms with Crippen LogP contribution in [0, 0.1) is 11.8 Å². The summed E-state index contributed by atoms with van der Waals surface area (Å²) < 4.78 is 4.20. The lowest BCUT2D eigenvalue weighted by atomic mass is 9.77. The van der Waals surface area contributed by atoms with Crippen molar-refractivity contribution >= 4 is 51.3 Å². The zero-order chi connectivity index (χ0) is 25.3. The number of amides is 2. The molecule has 2 aromatic rings. The summed E-state index contributed by atoms with van der Waals surface area (Å²) in [6.45, 7) is 4.21. The van der Waals surface area contributed by atoms with E-state index < -0.39 is 18.0 Å². The van der Waals surface area contributed by atoms with E-state index in [2.05, 4.69) is 9.88 Å². The van der Waals surface area contributed by atoms with Crippen LogP contribution < -0.4 is 9.88 Å². The highest BCUT2D eigenvalue weighted by molar-refractivity contribution is 7.98. The number of aliphatic carboxylic acids is 1. The number of hydrogen-bond acceptors (Lipinski definition) is 7. The molecule has 2 fully saturated rings. The number of fused-ring (bicyclic) bond motifs is 2. The third-order valence-electron chi connectivity index (χ3n) is 7.44. The van der Waals surface area contributed by atoms with Crippen LogP contribution in [0.2, 0.25) is 0 Å². The zero-order valence-electron chi connectivity index (χ0n) is 20.3. The second kappa shape index (κ2) is 8.61. The maximum Gasteiger partial charge on any atom is 0.352 e. The number of nitrogens with zero attached hydrogens (tertiary/aromatic N) is 4. The van der Waals surface area contributed by atoms with Crippen LogP contribution in [-0.4, -0.2) is 87.3 Å². The Morgan fingerprint density at radius 2 is 2.09 bits per heavy atom. The van der Waals surface area contributed by atoms with Crippen molar-refractivity contribution in [2.75, 3.05) is 26.9 Å². The number of carbonyl (C=O) groups is 3. The first kappa shape index (κ1) is 24.3. The third-order valence-corrected chi connectivity index (χ3v) is 9.50. The van der Waals surface area contributed by atoms with Gasteiger partial charge in [-0.3, -0.25) is 9.59 Å². The van der Waals surface area contributed by atoms with Crippen LogP contribution in [-0.2, 0) is 14.4 Å². The lowest BCUT2D eigenvalue weighted by Crippen LogP contribution is -2.63. The molecular formula is C23H30N5O5S2+. The van der Waals surface area contributed by atoms with Crippen molar-refractivity contribution in [2.24, 2.45) is 11.8 Å². The molecule has 3 aliphatic heterocycles. The Balaban J connectivity index is 1.51. The summed E-state index contributed by atoms with van der Waals surface area (Å²) in [6.07, 6.45) is 5.82. The molecule has 2 aromatic heterocycles. The van der Waals surface area contributed by atoms with E-state index in [-0.39, 0.29) is 41.6 Å². The van der Waals surface area contributed by atoms with Gasteiger partial charge in [-0.2, -0.15) is 4.40 Å². The maximum atomic E-state index is 12.7. The van der Waals surface area contributed by atoms with E-state index >= 15 is 0 Å². The molecule has 35 heavy (non-hydrogen) atoms. The van der Waals surface area contributed by atoms with Gasteiger partial charge in [0.25, 0.3) is 6.33 Å². The number of imidazole rings is 1. The number of rotatable bonds is 6. The predicted octanol–water partition coefficient (Wildman–Crippen LogP) is 0.655. The zero-order valence-corrected chi connectivity index (χ0v) is 21.9. The second-order valence-electron chi connectivity index (χ2n) is 9.74. The Hall–Kier alpha value is -2.41. The van der Waals surface area contributed by atoms with Gasteiger partial charge in [-0.1, -0.05) is 30.0 Å². The fourth-order valence-electron chi connectivity index (χ4n) is 5.80. The first-order valence-corrected chi connectivity index (χ1v) is 13.6. The Morgan fingerprint density at radius 3 is 2.69 bits per heavy atom. The molecule has 6 atom stereocenters. The Labute approximate surface area is 211 Å². The van der Waals surface area contributed by atoms with Crippen molar-refractivity contribution in [3.63, 3.8) is 0 Å². The molecule has 0 bridgehead atoms. The quantitative estimate of drug-likeness (QED) is 0.291. The molecule has 12 heteroatoms. The van der Waals surface area contributed by atoms with Crippen LogP contribution in [0.4, 0.5) is 0 Å². The van der Waals surface area contributed by atoms with E-state index in [0.29, 0.717) is 18.5 Å². The van der Waals surface area contributed by atoms with Crippen molar-refractivity contribution in [3.05, 3.63) is 23.1 Å². The molecule has 0 aromatic carbocycles. The molecule has 3 aliphatic rings. The number of aromatic nitrogens is 2. The number of likely N-dealkylation sites (N-methyl/N-ethyl adjacent to an activating group) is 1. The summed E-state index contributed by atoms with van der Waals surface area (Å²) in [5, 5.41) is 24.5. The average Bonchev–Trinajstić information content (AvgIpc) is 3.52. The van der Waals surface area contributed by atoms with E-state index in [1.54, 1.807) is 37.7 Å². The van der Waals surface area contributed by atoms with Gasteiger partial charge in [-0.25, -0.2) is 9.36 Å². The summed E-state index contributed by atoms with van der Waals surface area (Å²) in [5.74, 6) is -2.17. The van der Waals surface area contributed by atoms with Crippen LogP contribution in [0.1, 0.15) is 31.2 Å². The molecule has 5 rings (SSSR count). The largest absolute Gasteiger partial charge is 0.477 e. The van der Waals surface area contributed by atoms with Crippen LogP contribution in [0.5, 0.6) is 0 Å². The predicted molar refractivity (Wildman–Crippen MR) is 131 cm³/mol. The summed E-state index contributed by atoms with van der Waals surface area (Å²) >= 11 is 3.12. The number of aliphatic hydroxyl groups is 1. The summed E-state index contributed by atoms with van der Waals surface area (Å²) in [5.41, 5.74) is 0.669. The van der Waals surface area contributed by atoms with Gasteiger partial charge in [0, 0.05) is 38.6 Å². The Morgan fingerprint density at radius 1 is 1.37 bits per heavy atom.